The molecule has 3 nitrogen and oxygen atoms in total. The lowest BCUT2D eigenvalue weighted by molar-refractivity contribution is 1.26. The molecule has 0 atom stereocenters. The molecule has 0 fully saturated rings. The number of aryl methyl sites for hydroxylation is 1. The van der Waals surface area contributed by atoms with Crippen molar-refractivity contribution in [2.75, 3.05) is 11.5 Å². The van der Waals surface area contributed by atoms with Gasteiger partial charge in [-0.2, -0.15) is 0 Å². The third kappa shape index (κ3) is 6.63. The molecule has 27 heavy (non-hydrogen) atoms. The van der Waals surface area contributed by atoms with E-state index in [-0.39, 0.29) is 0 Å². The highest BCUT2D eigenvalue weighted by molar-refractivity contribution is 5.89. The third-order valence-corrected chi connectivity index (χ3v) is 3.86. The number of aromatic nitrogens is 1. The van der Waals surface area contributed by atoms with Crippen molar-refractivity contribution in [3.63, 3.8) is 0 Å². The van der Waals surface area contributed by atoms with Gasteiger partial charge in [-0.15, -0.1) is 0 Å². The number of benzene rings is 2. The monoisotopic (exact) mass is 361 g/mol. The van der Waals surface area contributed by atoms with E-state index in [9.17, 15) is 0 Å². The number of anilines is 2. The highest BCUT2D eigenvalue weighted by atomic mass is 14.7. The maximum absolute atomic E-state index is 5.77. The predicted molar refractivity (Wildman–Crippen MR) is 122 cm³/mol. The summed E-state index contributed by atoms with van der Waals surface area (Å²) in [6.07, 6.45) is 4.02. The molecule has 3 heteroatoms. The Bertz CT molecular complexity index is 924. The lowest BCUT2D eigenvalue weighted by atomic mass is 10.1. The number of nitrogen functional groups attached to an aromatic ring is 2. The van der Waals surface area contributed by atoms with Crippen LogP contribution in [0.5, 0.6) is 0 Å². The van der Waals surface area contributed by atoms with Crippen LogP contribution in [0.25, 0.3) is 17.0 Å². The van der Waals surface area contributed by atoms with E-state index >= 15 is 0 Å². The largest absolute Gasteiger partial charge is 0.398 e. The number of nitrogens with two attached hydrogens (primary N) is 2. The highest BCUT2D eigenvalue weighted by Crippen LogP contribution is 2.18. The van der Waals surface area contributed by atoms with Crippen LogP contribution in [0.3, 0.4) is 0 Å². The zero-order valence-corrected chi connectivity index (χ0v) is 17.1. The van der Waals surface area contributed by atoms with Crippen LogP contribution in [0, 0.1) is 13.8 Å². The van der Waals surface area contributed by atoms with Crippen LogP contribution in [0.2, 0.25) is 0 Å². The summed E-state index contributed by atoms with van der Waals surface area (Å²) in [6.45, 7) is 13.8. The second-order valence-corrected chi connectivity index (χ2v) is 6.11. The van der Waals surface area contributed by atoms with Gasteiger partial charge in [-0.25, -0.2) is 0 Å². The van der Waals surface area contributed by atoms with E-state index < -0.39 is 0 Å². The van der Waals surface area contributed by atoms with Crippen molar-refractivity contribution in [3.05, 3.63) is 83.6 Å². The van der Waals surface area contributed by atoms with E-state index in [0.717, 1.165) is 44.7 Å². The fourth-order valence-corrected chi connectivity index (χ4v) is 2.35. The second kappa shape index (κ2) is 10.8. The standard InChI is InChI=1S/C12H15N.C10H10N2.C2H6/c1-9(2)7-8-11-5-4-6-12(13)10(11)3;1-7-5-6-8-3-2-4-9(11)10(8)12-7;1-2/h4-8H,1,13H2,2-3H3;2-6H,11H2,1H3;1-2H3/b8-7-;;. The summed E-state index contributed by atoms with van der Waals surface area (Å²) < 4.78 is 0. The summed E-state index contributed by atoms with van der Waals surface area (Å²) in [6, 6.07) is 15.8. The van der Waals surface area contributed by atoms with E-state index in [1.54, 1.807) is 0 Å². The Labute approximate surface area is 163 Å². The van der Waals surface area contributed by atoms with Crippen LogP contribution in [0.15, 0.2) is 66.8 Å². The maximum atomic E-state index is 5.77. The van der Waals surface area contributed by atoms with E-state index in [2.05, 4.69) is 11.6 Å². The van der Waals surface area contributed by atoms with Gasteiger partial charge < -0.3 is 11.5 Å². The Balaban J connectivity index is 0.000000248. The molecule has 0 aliphatic carbocycles. The number of hydrogen-bond acceptors (Lipinski definition) is 3. The Kier molecular flexibility index (Phi) is 8.80. The van der Waals surface area contributed by atoms with Crippen LogP contribution in [-0.2, 0) is 0 Å². The number of allylic oxidation sites excluding steroid dienone is 2. The van der Waals surface area contributed by atoms with Gasteiger partial charge in [0.2, 0.25) is 0 Å². The summed E-state index contributed by atoms with van der Waals surface area (Å²) in [7, 11) is 0. The van der Waals surface area contributed by atoms with Crippen LogP contribution in [0.4, 0.5) is 11.4 Å². The number of hydrogen-bond donors (Lipinski definition) is 2. The molecule has 4 N–H and O–H groups in total. The average Bonchev–Trinajstić information content (AvgIpc) is 2.66. The van der Waals surface area contributed by atoms with Crippen LogP contribution >= 0.6 is 0 Å². The van der Waals surface area contributed by atoms with E-state index in [1.165, 1.54) is 0 Å². The molecule has 3 rings (SSSR count). The molecule has 0 unspecified atom stereocenters. The Morgan fingerprint density at radius 3 is 2.22 bits per heavy atom. The zero-order chi connectivity index (χ0) is 20.4. The van der Waals surface area contributed by atoms with Crippen molar-refractivity contribution in [1.82, 2.24) is 4.98 Å². The van der Waals surface area contributed by atoms with Crippen LogP contribution < -0.4 is 11.5 Å². The topological polar surface area (TPSA) is 64.9 Å². The molecule has 1 heterocycles. The first-order valence-corrected chi connectivity index (χ1v) is 9.19. The molecule has 0 aliphatic rings. The SMILES string of the molecule is C=C(C)/C=C\c1cccc(N)c1C.CC.Cc1ccc2cccc(N)c2n1. The number of para-hydroxylation sites is 1. The third-order valence-electron chi connectivity index (χ3n) is 3.86. The molecule has 0 bridgehead atoms. The summed E-state index contributed by atoms with van der Waals surface area (Å²) in [4.78, 5) is 4.35. The van der Waals surface area contributed by atoms with Gasteiger partial charge in [-0.3, -0.25) is 4.98 Å². The minimum atomic E-state index is 0.746. The molecule has 2 aromatic carbocycles. The number of rotatable bonds is 2. The van der Waals surface area contributed by atoms with Gasteiger partial charge in [0.1, 0.15) is 0 Å². The summed E-state index contributed by atoms with van der Waals surface area (Å²) in [5.41, 5.74) is 18.3. The van der Waals surface area contributed by atoms with Gasteiger partial charge in [0, 0.05) is 16.8 Å². The Hall–Kier alpha value is -3.07. The van der Waals surface area contributed by atoms with Crippen molar-refractivity contribution in [1.29, 1.82) is 0 Å². The molecule has 1 aromatic heterocycles. The predicted octanol–water partition coefficient (Wildman–Crippen LogP) is 6.32. The Morgan fingerprint density at radius 2 is 1.56 bits per heavy atom. The van der Waals surface area contributed by atoms with E-state index in [1.807, 2.05) is 95.3 Å². The highest BCUT2D eigenvalue weighted by Gasteiger charge is 1.97. The van der Waals surface area contributed by atoms with Crippen LogP contribution in [0.1, 0.15) is 37.6 Å². The van der Waals surface area contributed by atoms with Gasteiger partial charge in [0.25, 0.3) is 0 Å². The van der Waals surface area contributed by atoms with Gasteiger partial charge in [0.15, 0.2) is 0 Å². The molecular formula is C24H31N3. The van der Waals surface area contributed by atoms with Crippen molar-refractivity contribution in [2.24, 2.45) is 0 Å². The van der Waals surface area contributed by atoms with Gasteiger partial charge in [0.05, 0.1) is 11.2 Å². The maximum Gasteiger partial charge on any atom is 0.0934 e. The lowest BCUT2D eigenvalue weighted by Gasteiger charge is -2.03. The first-order chi connectivity index (χ1) is 12.9. The van der Waals surface area contributed by atoms with Gasteiger partial charge >= 0.3 is 0 Å². The fraction of sp³-hybridized carbons (Fsp3) is 0.208. The minimum absolute atomic E-state index is 0.746. The number of pyridine rings is 1. The number of fused-ring (bicyclic) bond motifs is 1. The minimum Gasteiger partial charge on any atom is -0.398 e. The normalized spacial score (nSPS) is 9.96. The van der Waals surface area contributed by atoms with Crippen molar-refractivity contribution in [2.45, 2.75) is 34.6 Å². The second-order valence-electron chi connectivity index (χ2n) is 6.11. The first kappa shape index (κ1) is 22.0. The smallest absolute Gasteiger partial charge is 0.0934 e. The summed E-state index contributed by atoms with van der Waals surface area (Å²) in [5, 5.41) is 1.10. The molecule has 0 aliphatic heterocycles. The average molecular weight is 362 g/mol. The molecule has 0 radical (unpaired) electrons. The van der Waals surface area contributed by atoms with Gasteiger partial charge in [-0.05, 0) is 50.1 Å². The first-order valence-electron chi connectivity index (χ1n) is 9.19. The molecule has 0 saturated carbocycles. The molecule has 0 spiro atoms. The molecule has 3 aromatic rings. The van der Waals surface area contributed by atoms with E-state index in [0.29, 0.717) is 0 Å². The van der Waals surface area contributed by atoms with Crippen molar-refractivity contribution >= 4 is 28.4 Å². The molecule has 0 saturated heterocycles. The molecule has 0 amide bonds. The number of nitrogens with zero attached hydrogens (tertiary/aromatic N) is 1. The van der Waals surface area contributed by atoms with Crippen LogP contribution in [-0.4, -0.2) is 4.98 Å². The Morgan fingerprint density at radius 1 is 0.926 bits per heavy atom. The zero-order valence-electron chi connectivity index (χ0n) is 17.1. The van der Waals surface area contributed by atoms with Crippen molar-refractivity contribution < 1.29 is 0 Å². The summed E-state index contributed by atoms with van der Waals surface area (Å²) in [5.74, 6) is 0. The molecule has 142 valence electrons. The fourth-order valence-electron chi connectivity index (χ4n) is 2.35. The quantitative estimate of drug-likeness (QED) is 0.415. The van der Waals surface area contributed by atoms with Crippen molar-refractivity contribution in [3.8, 4) is 0 Å². The van der Waals surface area contributed by atoms with E-state index in [4.69, 9.17) is 11.5 Å². The lowest BCUT2D eigenvalue weighted by Crippen LogP contribution is -1.90. The molecular weight excluding hydrogens is 330 g/mol. The summed E-state index contributed by atoms with van der Waals surface area (Å²) >= 11 is 0. The van der Waals surface area contributed by atoms with Gasteiger partial charge in [-0.1, -0.05) is 68.5 Å².